The first-order valence-electron chi connectivity index (χ1n) is 20.8. The van der Waals surface area contributed by atoms with Gasteiger partial charge in [0.2, 0.25) is 5.91 Å². The highest BCUT2D eigenvalue weighted by Crippen LogP contribution is 2.16. The Kier molecular flexibility index (Phi) is 36.6. The Balaban J connectivity index is 3.60. The van der Waals surface area contributed by atoms with Gasteiger partial charge in [0, 0.05) is 0 Å². The van der Waals surface area contributed by atoms with Crippen molar-refractivity contribution in [2.24, 2.45) is 0 Å². The Bertz CT molecular complexity index is 601. The Hall–Kier alpha value is -0.650. The molecule has 0 heterocycles. The number of hydrogen-bond donors (Lipinski definition) is 4. The highest BCUT2D eigenvalue weighted by atomic mass is 16.3. The Morgan fingerprint density at radius 1 is 0.435 bits per heavy atom. The number of aliphatic hydroxyl groups is 3. The second-order valence-electron chi connectivity index (χ2n) is 14.6. The molecule has 1 amide bonds. The average molecular weight is 654 g/mol. The summed E-state index contributed by atoms with van der Waals surface area (Å²) >= 11 is 0. The zero-order chi connectivity index (χ0) is 33.8. The molecule has 5 heteroatoms. The Morgan fingerprint density at radius 2 is 0.696 bits per heavy atom. The van der Waals surface area contributed by atoms with E-state index in [1.165, 1.54) is 173 Å². The third-order valence-electron chi connectivity index (χ3n) is 9.98. The minimum Gasteiger partial charge on any atom is -0.394 e. The van der Waals surface area contributed by atoms with E-state index in [1.807, 2.05) is 0 Å². The van der Waals surface area contributed by atoms with Gasteiger partial charge in [-0.3, -0.25) is 4.79 Å². The van der Waals surface area contributed by atoms with Crippen molar-refractivity contribution >= 4 is 5.91 Å². The highest BCUT2D eigenvalue weighted by Gasteiger charge is 2.23. The van der Waals surface area contributed by atoms with Gasteiger partial charge in [-0.1, -0.05) is 219 Å². The standard InChI is InChI=1S/C41H83NO4/c1-3-5-7-9-11-13-15-17-19-20-21-22-24-26-28-30-32-34-36-40(45)41(46)42-38(37-43)39(44)35-33-31-29-27-25-23-18-16-14-12-10-8-6-4-2/h38-40,43-45H,3-37H2,1-2H3,(H,42,46). The van der Waals surface area contributed by atoms with Gasteiger partial charge in [-0.2, -0.15) is 0 Å². The summed E-state index contributed by atoms with van der Waals surface area (Å²) in [5.74, 6) is -0.467. The summed E-state index contributed by atoms with van der Waals surface area (Å²) in [5.41, 5.74) is 0. The fourth-order valence-corrected chi connectivity index (χ4v) is 6.66. The first-order valence-corrected chi connectivity index (χ1v) is 20.8. The van der Waals surface area contributed by atoms with Crippen molar-refractivity contribution in [2.45, 2.75) is 250 Å². The molecule has 0 aliphatic carbocycles. The van der Waals surface area contributed by atoms with E-state index in [-0.39, 0.29) is 6.61 Å². The molecule has 0 aromatic carbocycles. The van der Waals surface area contributed by atoms with Crippen LogP contribution in [0, 0.1) is 0 Å². The Morgan fingerprint density at radius 3 is 0.978 bits per heavy atom. The quantitative estimate of drug-likeness (QED) is 0.0499. The van der Waals surface area contributed by atoms with Crippen LogP contribution in [0.2, 0.25) is 0 Å². The largest absolute Gasteiger partial charge is 0.394 e. The molecule has 0 aromatic heterocycles. The van der Waals surface area contributed by atoms with Crippen LogP contribution in [0.5, 0.6) is 0 Å². The number of unbranched alkanes of at least 4 members (excludes halogenated alkanes) is 30. The maximum absolute atomic E-state index is 12.4. The van der Waals surface area contributed by atoms with Crippen LogP contribution in [0.4, 0.5) is 0 Å². The van der Waals surface area contributed by atoms with E-state index in [1.54, 1.807) is 0 Å². The summed E-state index contributed by atoms with van der Waals surface area (Å²) < 4.78 is 0. The first kappa shape index (κ1) is 45.3. The molecule has 5 nitrogen and oxygen atoms in total. The molecule has 46 heavy (non-hydrogen) atoms. The molecule has 0 rings (SSSR count). The van der Waals surface area contributed by atoms with Crippen LogP contribution in [0.25, 0.3) is 0 Å². The summed E-state index contributed by atoms with van der Waals surface area (Å²) in [5, 5.41) is 33.2. The minimum atomic E-state index is -1.07. The topological polar surface area (TPSA) is 89.8 Å². The van der Waals surface area contributed by atoms with E-state index < -0.39 is 24.2 Å². The van der Waals surface area contributed by atoms with Crippen molar-refractivity contribution < 1.29 is 20.1 Å². The van der Waals surface area contributed by atoms with Gasteiger partial charge in [0.15, 0.2) is 0 Å². The lowest BCUT2D eigenvalue weighted by molar-refractivity contribution is -0.131. The first-order chi connectivity index (χ1) is 22.6. The molecule has 0 saturated heterocycles. The molecule has 3 unspecified atom stereocenters. The number of rotatable bonds is 38. The van der Waals surface area contributed by atoms with Gasteiger partial charge in [0.1, 0.15) is 6.10 Å². The second-order valence-corrected chi connectivity index (χ2v) is 14.6. The summed E-state index contributed by atoms with van der Waals surface area (Å²) in [6.45, 7) is 4.24. The fourth-order valence-electron chi connectivity index (χ4n) is 6.66. The molecule has 0 radical (unpaired) electrons. The molecular weight excluding hydrogens is 570 g/mol. The van der Waals surface area contributed by atoms with Crippen LogP contribution < -0.4 is 5.32 Å². The highest BCUT2D eigenvalue weighted by molar-refractivity contribution is 5.80. The molecule has 4 N–H and O–H groups in total. The molecule has 276 valence electrons. The predicted octanol–water partition coefficient (Wildman–Crippen LogP) is 11.5. The zero-order valence-electron chi connectivity index (χ0n) is 31.2. The smallest absolute Gasteiger partial charge is 0.249 e. The fraction of sp³-hybridized carbons (Fsp3) is 0.976. The van der Waals surface area contributed by atoms with Gasteiger partial charge in [-0.05, 0) is 12.8 Å². The molecule has 0 fully saturated rings. The maximum atomic E-state index is 12.4. The number of hydrogen-bond acceptors (Lipinski definition) is 4. The molecule has 0 aliphatic rings. The lowest BCUT2D eigenvalue weighted by Gasteiger charge is -2.23. The van der Waals surface area contributed by atoms with Crippen LogP contribution in [-0.2, 0) is 4.79 Å². The van der Waals surface area contributed by atoms with E-state index in [0.29, 0.717) is 12.8 Å². The van der Waals surface area contributed by atoms with Crippen molar-refractivity contribution in [1.82, 2.24) is 5.32 Å². The number of carbonyl (C=O) groups excluding carboxylic acids is 1. The monoisotopic (exact) mass is 654 g/mol. The van der Waals surface area contributed by atoms with Crippen molar-refractivity contribution in [3.05, 3.63) is 0 Å². The van der Waals surface area contributed by atoms with Gasteiger partial charge >= 0.3 is 0 Å². The van der Waals surface area contributed by atoms with Crippen molar-refractivity contribution in [1.29, 1.82) is 0 Å². The van der Waals surface area contributed by atoms with E-state index in [9.17, 15) is 20.1 Å². The molecule has 0 aliphatic heterocycles. The minimum absolute atomic E-state index is 0.308. The van der Waals surface area contributed by atoms with Crippen molar-refractivity contribution in [2.75, 3.05) is 6.61 Å². The van der Waals surface area contributed by atoms with E-state index in [2.05, 4.69) is 19.2 Å². The third-order valence-corrected chi connectivity index (χ3v) is 9.98. The van der Waals surface area contributed by atoms with Crippen LogP contribution in [-0.4, -0.2) is 46.1 Å². The zero-order valence-corrected chi connectivity index (χ0v) is 31.2. The average Bonchev–Trinajstić information content (AvgIpc) is 3.06. The Labute approximate surface area is 287 Å². The lowest BCUT2D eigenvalue weighted by Crippen LogP contribution is -2.49. The second kappa shape index (κ2) is 37.2. The number of amides is 1. The van der Waals surface area contributed by atoms with Gasteiger partial charge in [-0.25, -0.2) is 0 Å². The number of carbonyl (C=O) groups is 1. The SMILES string of the molecule is CCCCCCCCCCCCCCCCCCCCC(O)C(=O)NC(CO)C(O)CCCCCCCCCCCCCCCC. The lowest BCUT2D eigenvalue weighted by atomic mass is 10.0. The van der Waals surface area contributed by atoms with Crippen LogP contribution in [0.15, 0.2) is 0 Å². The predicted molar refractivity (Wildman–Crippen MR) is 199 cm³/mol. The molecule has 0 bridgehead atoms. The molecule has 3 atom stereocenters. The molecule has 0 spiro atoms. The summed E-state index contributed by atoms with van der Waals surface area (Å²) in [4.78, 5) is 12.4. The molecule has 0 saturated carbocycles. The van der Waals surface area contributed by atoms with Crippen LogP contribution >= 0.6 is 0 Å². The van der Waals surface area contributed by atoms with E-state index in [4.69, 9.17) is 0 Å². The van der Waals surface area contributed by atoms with Crippen LogP contribution in [0.1, 0.15) is 232 Å². The van der Waals surface area contributed by atoms with E-state index >= 15 is 0 Å². The van der Waals surface area contributed by atoms with Crippen LogP contribution in [0.3, 0.4) is 0 Å². The van der Waals surface area contributed by atoms with E-state index in [0.717, 1.165) is 32.1 Å². The molecular formula is C41H83NO4. The van der Waals surface area contributed by atoms with Gasteiger partial charge < -0.3 is 20.6 Å². The number of aliphatic hydroxyl groups excluding tert-OH is 3. The maximum Gasteiger partial charge on any atom is 0.249 e. The van der Waals surface area contributed by atoms with Gasteiger partial charge in [0.25, 0.3) is 0 Å². The number of nitrogens with one attached hydrogen (secondary N) is 1. The molecule has 0 aromatic rings. The van der Waals surface area contributed by atoms with Gasteiger partial charge in [-0.15, -0.1) is 0 Å². The summed E-state index contributed by atoms with van der Waals surface area (Å²) in [6.07, 6.45) is 40.9. The summed E-state index contributed by atoms with van der Waals surface area (Å²) in [6, 6.07) is -0.704. The third kappa shape index (κ3) is 31.9. The normalized spacial score (nSPS) is 13.6. The summed E-state index contributed by atoms with van der Waals surface area (Å²) in [7, 11) is 0. The van der Waals surface area contributed by atoms with Gasteiger partial charge in [0.05, 0.1) is 18.8 Å². The van der Waals surface area contributed by atoms with Crippen molar-refractivity contribution in [3.63, 3.8) is 0 Å². The van der Waals surface area contributed by atoms with Crippen molar-refractivity contribution in [3.8, 4) is 0 Å².